The highest BCUT2D eigenvalue weighted by atomic mass is 16.4. The van der Waals surface area contributed by atoms with Gasteiger partial charge in [-0.25, -0.2) is 14.6 Å². The van der Waals surface area contributed by atoms with E-state index in [-0.39, 0.29) is 6.54 Å². The molecule has 0 aromatic carbocycles. The summed E-state index contributed by atoms with van der Waals surface area (Å²) in [6.45, 7) is 3.95. The van der Waals surface area contributed by atoms with E-state index in [0.717, 1.165) is 12.8 Å². The van der Waals surface area contributed by atoms with Crippen LogP contribution < -0.4 is 5.32 Å². The highest BCUT2D eigenvalue weighted by Crippen LogP contribution is 2.03. The van der Waals surface area contributed by atoms with Crippen molar-refractivity contribution in [3.8, 4) is 0 Å². The Hall–Kier alpha value is -2.12. The molecular formula is C12H21N5O3. The minimum atomic E-state index is -1.02. The van der Waals surface area contributed by atoms with Gasteiger partial charge in [-0.3, -0.25) is 5.10 Å². The molecule has 1 heterocycles. The van der Waals surface area contributed by atoms with Crippen molar-refractivity contribution in [3.05, 3.63) is 11.6 Å². The van der Waals surface area contributed by atoms with Crippen LogP contribution in [0.15, 0.2) is 0 Å². The van der Waals surface area contributed by atoms with Crippen LogP contribution in [0.1, 0.15) is 37.8 Å². The maximum atomic E-state index is 11.9. The van der Waals surface area contributed by atoms with Gasteiger partial charge in [-0.15, -0.1) is 0 Å². The van der Waals surface area contributed by atoms with Gasteiger partial charge < -0.3 is 15.3 Å². The standard InChI is InChI=1S/C12H21N5O3/c1-4-5-6-9(11(18)19)14-12(20)17(3)7-10-13-8(2)15-16-10/h9H,4-7H2,1-3H3,(H,14,20)(H,18,19)(H,13,15,16)/t9-/m0/s1. The van der Waals surface area contributed by atoms with E-state index in [0.29, 0.717) is 18.1 Å². The Balaban J connectivity index is 2.52. The largest absolute Gasteiger partial charge is 0.480 e. The van der Waals surface area contributed by atoms with Crippen LogP contribution in [0.3, 0.4) is 0 Å². The number of H-pyrrole nitrogens is 1. The van der Waals surface area contributed by atoms with Gasteiger partial charge in [-0.1, -0.05) is 19.8 Å². The van der Waals surface area contributed by atoms with Gasteiger partial charge in [0.15, 0.2) is 5.82 Å². The van der Waals surface area contributed by atoms with Gasteiger partial charge in [0.05, 0.1) is 6.54 Å². The third kappa shape index (κ3) is 4.87. The molecule has 0 aliphatic carbocycles. The van der Waals surface area contributed by atoms with Crippen molar-refractivity contribution < 1.29 is 14.7 Å². The lowest BCUT2D eigenvalue weighted by atomic mass is 10.1. The normalized spacial score (nSPS) is 11.9. The topological polar surface area (TPSA) is 111 Å². The molecule has 8 heteroatoms. The van der Waals surface area contributed by atoms with Crippen molar-refractivity contribution in [2.24, 2.45) is 0 Å². The van der Waals surface area contributed by atoms with E-state index in [1.807, 2.05) is 6.92 Å². The maximum absolute atomic E-state index is 11.9. The molecule has 112 valence electrons. The fraction of sp³-hybridized carbons (Fsp3) is 0.667. The zero-order valence-corrected chi connectivity index (χ0v) is 12.0. The average Bonchev–Trinajstić information content (AvgIpc) is 2.79. The van der Waals surface area contributed by atoms with Gasteiger partial charge in [0.25, 0.3) is 0 Å². The van der Waals surface area contributed by atoms with Crippen LogP contribution in [-0.4, -0.2) is 50.3 Å². The van der Waals surface area contributed by atoms with Crippen LogP contribution in [0.5, 0.6) is 0 Å². The number of hydrogen-bond acceptors (Lipinski definition) is 4. The molecule has 8 nitrogen and oxygen atoms in total. The van der Waals surface area contributed by atoms with Gasteiger partial charge >= 0.3 is 12.0 Å². The fourth-order valence-electron chi connectivity index (χ4n) is 1.67. The molecule has 1 rings (SSSR count). The van der Waals surface area contributed by atoms with E-state index >= 15 is 0 Å². The van der Waals surface area contributed by atoms with Crippen LogP contribution in [0.25, 0.3) is 0 Å². The highest BCUT2D eigenvalue weighted by Gasteiger charge is 2.21. The van der Waals surface area contributed by atoms with E-state index in [4.69, 9.17) is 5.11 Å². The molecule has 0 aliphatic heterocycles. The molecule has 3 N–H and O–H groups in total. The van der Waals surface area contributed by atoms with Gasteiger partial charge in [-0.2, -0.15) is 5.10 Å². The van der Waals surface area contributed by atoms with Crippen molar-refractivity contribution in [3.63, 3.8) is 0 Å². The van der Waals surface area contributed by atoms with Crippen molar-refractivity contribution in [2.75, 3.05) is 7.05 Å². The molecule has 0 saturated carbocycles. The van der Waals surface area contributed by atoms with Gasteiger partial charge in [0.1, 0.15) is 11.9 Å². The number of unbranched alkanes of at least 4 members (excludes halogenated alkanes) is 1. The summed E-state index contributed by atoms with van der Waals surface area (Å²) in [6, 6.07) is -1.31. The first-order valence-electron chi connectivity index (χ1n) is 6.56. The fourth-order valence-corrected chi connectivity index (χ4v) is 1.67. The summed E-state index contributed by atoms with van der Waals surface area (Å²) >= 11 is 0. The molecule has 0 unspecified atom stereocenters. The van der Waals surface area contributed by atoms with Gasteiger partial charge in [-0.05, 0) is 13.3 Å². The van der Waals surface area contributed by atoms with Crippen LogP contribution in [0.2, 0.25) is 0 Å². The molecule has 1 aromatic heterocycles. The smallest absolute Gasteiger partial charge is 0.326 e. The van der Waals surface area contributed by atoms with E-state index in [1.165, 1.54) is 4.90 Å². The van der Waals surface area contributed by atoms with Crippen molar-refractivity contribution in [1.82, 2.24) is 25.4 Å². The maximum Gasteiger partial charge on any atom is 0.326 e. The Kier molecular flexibility index (Phi) is 5.95. The summed E-state index contributed by atoms with van der Waals surface area (Å²) in [7, 11) is 1.57. The number of aliphatic carboxylic acids is 1. The Labute approximate surface area is 117 Å². The monoisotopic (exact) mass is 283 g/mol. The number of carbonyl (C=O) groups excluding carboxylic acids is 1. The van der Waals surface area contributed by atoms with E-state index in [1.54, 1.807) is 14.0 Å². The third-order valence-corrected chi connectivity index (χ3v) is 2.81. The van der Waals surface area contributed by atoms with Crippen LogP contribution >= 0.6 is 0 Å². The first-order chi connectivity index (χ1) is 9.43. The molecule has 1 atom stereocenters. The number of nitrogens with one attached hydrogen (secondary N) is 2. The summed E-state index contributed by atoms with van der Waals surface area (Å²) in [6.07, 6.45) is 2.05. The first-order valence-corrected chi connectivity index (χ1v) is 6.56. The zero-order chi connectivity index (χ0) is 15.1. The summed E-state index contributed by atoms with van der Waals surface area (Å²) in [4.78, 5) is 28.4. The molecule has 0 radical (unpaired) electrons. The summed E-state index contributed by atoms with van der Waals surface area (Å²) < 4.78 is 0. The molecule has 0 fully saturated rings. The van der Waals surface area contributed by atoms with Gasteiger partial charge in [0.2, 0.25) is 0 Å². The van der Waals surface area contributed by atoms with Gasteiger partial charge in [0, 0.05) is 7.05 Å². The van der Waals surface area contributed by atoms with Crippen LogP contribution in [-0.2, 0) is 11.3 Å². The van der Waals surface area contributed by atoms with Crippen LogP contribution in [0.4, 0.5) is 4.79 Å². The quantitative estimate of drug-likeness (QED) is 0.688. The number of amides is 2. The Bertz CT molecular complexity index is 460. The molecule has 0 saturated heterocycles. The number of rotatable bonds is 7. The molecule has 20 heavy (non-hydrogen) atoms. The van der Waals surface area contributed by atoms with Crippen molar-refractivity contribution in [1.29, 1.82) is 0 Å². The molecule has 2 amide bonds. The Morgan fingerprint density at radius 3 is 2.70 bits per heavy atom. The second-order valence-corrected chi connectivity index (χ2v) is 4.68. The third-order valence-electron chi connectivity index (χ3n) is 2.81. The number of aryl methyl sites for hydroxylation is 1. The number of urea groups is 1. The summed E-state index contributed by atoms with van der Waals surface area (Å²) in [5.41, 5.74) is 0. The summed E-state index contributed by atoms with van der Waals surface area (Å²) in [5.74, 6) is 0.134. The lowest BCUT2D eigenvalue weighted by Gasteiger charge is -2.20. The molecule has 0 aliphatic rings. The highest BCUT2D eigenvalue weighted by molar-refractivity contribution is 5.82. The minimum Gasteiger partial charge on any atom is -0.480 e. The number of hydrogen-bond donors (Lipinski definition) is 3. The number of carboxylic acids is 1. The predicted molar refractivity (Wildman–Crippen MR) is 72.1 cm³/mol. The number of aromatic amines is 1. The first kappa shape index (κ1) is 15.9. The number of carbonyl (C=O) groups is 2. The van der Waals surface area contributed by atoms with E-state index < -0.39 is 18.0 Å². The van der Waals surface area contributed by atoms with E-state index in [9.17, 15) is 9.59 Å². The predicted octanol–water partition coefficient (Wildman–Crippen LogP) is 0.898. The lowest BCUT2D eigenvalue weighted by molar-refractivity contribution is -0.139. The Morgan fingerprint density at radius 2 is 2.20 bits per heavy atom. The molecule has 0 bridgehead atoms. The number of carboxylic acid groups (broad SMARTS) is 1. The van der Waals surface area contributed by atoms with Crippen LogP contribution in [0, 0.1) is 6.92 Å². The second-order valence-electron chi connectivity index (χ2n) is 4.68. The van der Waals surface area contributed by atoms with Crippen molar-refractivity contribution >= 4 is 12.0 Å². The zero-order valence-electron chi connectivity index (χ0n) is 12.0. The molecule has 1 aromatic rings. The summed E-state index contributed by atoms with van der Waals surface area (Å²) in [5, 5.41) is 18.2. The lowest BCUT2D eigenvalue weighted by Crippen LogP contribution is -2.46. The average molecular weight is 283 g/mol. The second kappa shape index (κ2) is 7.46. The molecular weight excluding hydrogens is 262 g/mol. The SMILES string of the molecule is CCCC[C@H](NC(=O)N(C)Cc1n[nH]c(C)n1)C(=O)O. The molecule has 0 spiro atoms. The number of aromatic nitrogens is 3. The minimum absolute atomic E-state index is 0.219. The van der Waals surface area contributed by atoms with Crippen molar-refractivity contribution in [2.45, 2.75) is 45.7 Å². The van der Waals surface area contributed by atoms with E-state index in [2.05, 4.69) is 20.5 Å². The number of nitrogens with zero attached hydrogens (tertiary/aromatic N) is 3. The Morgan fingerprint density at radius 1 is 1.50 bits per heavy atom.